The highest BCUT2D eigenvalue weighted by molar-refractivity contribution is 7.17. The molecule has 0 aliphatic carbocycles. The number of thiazole rings is 1. The summed E-state index contributed by atoms with van der Waals surface area (Å²) in [4.78, 5) is 27.4. The SMILES string of the molecule is COc1cc(C=NNC(=O)c2sc(N)nc2C)ccc1OC(C)=O. The minimum atomic E-state index is -0.443. The number of hydrazone groups is 1. The van der Waals surface area contributed by atoms with Gasteiger partial charge in [-0.25, -0.2) is 10.4 Å². The molecule has 0 fully saturated rings. The topological polar surface area (TPSA) is 116 Å². The number of aromatic nitrogens is 1. The van der Waals surface area contributed by atoms with Gasteiger partial charge in [-0.2, -0.15) is 5.10 Å². The molecule has 0 aliphatic rings. The molecule has 0 saturated heterocycles. The average molecular weight is 348 g/mol. The first kappa shape index (κ1) is 17.4. The van der Waals surface area contributed by atoms with Crippen molar-refractivity contribution in [3.05, 3.63) is 34.3 Å². The fraction of sp³-hybridized carbons (Fsp3) is 0.200. The van der Waals surface area contributed by atoms with Crippen molar-refractivity contribution in [3.63, 3.8) is 0 Å². The summed E-state index contributed by atoms with van der Waals surface area (Å²) in [6, 6.07) is 4.88. The average Bonchev–Trinajstić information content (AvgIpc) is 2.86. The Kier molecular flexibility index (Phi) is 5.48. The van der Waals surface area contributed by atoms with Crippen molar-refractivity contribution < 1.29 is 19.1 Å². The lowest BCUT2D eigenvalue weighted by molar-refractivity contribution is -0.132. The largest absolute Gasteiger partial charge is 0.493 e. The molecule has 0 aliphatic heterocycles. The van der Waals surface area contributed by atoms with Crippen LogP contribution in [-0.4, -0.2) is 30.2 Å². The van der Waals surface area contributed by atoms with Gasteiger partial charge in [0, 0.05) is 6.92 Å². The molecule has 2 aromatic rings. The van der Waals surface area contributed by atoms with E-state index in [0.29, 0.717) is 32.8 Å². The molecule has 0 spiro atoms. The number of ether oxygens (including phenoxy) is 2. The number of nitrogen functional groups attached to an aromatic ring is 1. The molecule has 1 aromatic heterocycles. The molecule has 8 nitrogen and oxygen atoms in total. The van der Waals surface area contributed by atoms with Crippen molar-refractivity contribution in [1.82, 2.24) is 10.4 Å². The van der Waals surface area contributed by atoms with Gasteiger partial charge in [-0.3, -0.25) is 9.59 Å². The van der Waals surface area contributed by atoms with Crippen LogP contribution in [0.2, 0.25) is 0 Å². The number of anilines is 1. The molecule has 1 aromatic carbocycles. The zero-order valence-corrected chi connectivity index (χ0v) is 14.1. The number of benzene rings is 1. The monoisotopic (exact) mass is 348 g/mol. The van der Waals surface area contributed by atoms with Crippen molar-refractivity contribution in [2.45, 2.75) is 13.8 Å². The molecule has 1 heterocycles. The van der Waals surface area contributed by atoms with Crippen molar-refractivity contribution in [3.8, 4) is 11.5 Å². The zero-order chi connectivity index (χ0) is 17.7. The molecular formula is C15H16N4O4S. The first-order chi connectivity index (χ1) is 11.4. The number of rotatable bonds is 5. The standard InChI is InChI=1S/C15H16N4O4S/c1-8-13(24-15(16)18-8)14(21)19-17-7-10-4-5-11(23-9(2)20)12(6-10)22-3/h4-7H,1-3H3,(H2,16,18)(H,19,21). The zero-order valence-electron chi connectivity index (χ0n) is 13.3. The van der Waals surface area contributed by atoms with Crippen LogP contribution in [0, 0.1) is 6.92 Å². The van der Waals surface area contributed by atoms with Gasteiger partial charge in [-0.15, -0.1) is 0 Å². The Morgan fingerprint density at radius 3 is 2.71 bits per heavy atom. The number of amides is 1. The van der Waals surface area contributed by atoms with Crippen molar-refractivity contribution in [2.75, 3.05) is 12.8 Å². The molecule has 0 radical (unpaired) electrons. The Morgan fingerprint density at radius 2 is 2.12 bits per heavy atom. The minimum absolute atomic E-state index is 0.307. The number of carbonyl (C=O) groups is 2. The smallest absolute Gasteiger partial charge is 0.308 e. The van der Waals surface area contributed by atoms with Gasteiger partial charge in [0.15, 0.2) is 16.6 Å². The van der Waals surface area contributed by atoms with E-state index in [9.17, 15) is 9.59 Å². The van der Waals surface area contributed by atoms with Gasteiger partial charge >= 0.3 is 5.97 Å². The summed E-state index contributed by atoms with van der Waals surface area (Å²) in [7, 11) is 1.46. The van der Waals surface area contributed by atoms with Crippen LogP contribution in [0.3, 0.4) is 0 Å². The van der Waals surface area contributed by atoms with Crippen LogP contribution in [0.5, 0.6) is 11.5 Å². The van der Waals surface area contributed by atoms with Gasteiger partial charge in [0.25, 0.3) is 5.91 Å². The van der Waals surface area contributed by atoms with Crippen LogP contribution in [0.25, 0.3) is 0 Å². The molecule has 0 saturated carbocycles. The lowest BCUT2D eigenvalue weighted by Gasteiger charge is -2.08. The van der Waals surface area contributed by atoms with Crippen LogP contribution in [0.15, 0.2) is 23.3 Å². The molecule has 1 amide bonds. The Balaban J connectivity index is 2.07. The van der Waals surface area contributed by atoms with Gasteiger partial charge in [0.05, 0.1) is 19.0 Å². The highest BCUT2D eigenvalue weighted by Crippen LogP contribution is 2.27. The first-order valence-corrected chi connectivity index (χ1v) is 7.65. The second-order valence-corrected chi connectivity index (χ2v) is 5.70. The van der Waals surface area contributed by atoms with Gasteiger partial charge in [0.1, 0.15) is 4.88 Å². The summed E-state index contributed by atoms with van der Waals surface area (Å²) in [6.45, 7) is 3.00. The van der Waals surface area contributed by atoms with Crippen LogP contribution in [-0.2, 0) is 4.79 Å². The Hall–Kier alpha value is -2.94. The maximum Gasteiger partial charge on any atom is 0.308 e. The lowest BCUT2D eigenvalue weighted by Crippen LogP contribution is -2.17. The van der Waals surface area contributed by atoms with E-state index >= 15 is 0 Å². The number of nitrogens with two attached hydrogens (primary N) is 1. The van der Waals surface area contributed by atoms with E-state index in [0.717, 1.165) is 11.3 Å². The number of nitrogens with one attached hydrogen (secondary N) is 1. The fourth-order valence-corrected chi connectivity index (χ4v) is 2.57. The van der Waals surface area contributed by atoms with Crippen molar-refractivity contribution in [1.29, 1.82) is 0 Å². The maximum absolute atomic E-state index is 12.0. The summed E-state index contributed by atoms with van der Waals surface area (Å²) < 4.78 is 10.2. The highest BCUT2D eigenvalue weighted by atomic mass is 32.1. The second kappa shape index (κ2) is 7.55. The fourth-order valence-electron chi connectivity index (χ4n) is 1.85. The van der Waals surface area contributed by atoms with Crippen LogP contribution in [0.1, 0.15) is 27.9 Å². The Morgan fingerprint density at radius 1 is 1.38 bits per heavy atom. The third-order valence-corrected chi connectivity index (χ3v) is 3.83. The molecule has 2 rings (SSSR count). The molecule has 24 heavy (non-hydrogen) atoms. The predicted molar refractivity (Wildman–Crippen MR) is 90.6 cm³/mol. The molecule has 126 valence electrons. The summed E-state index contributed by atoms with van der Waals surface area (Å²) in [5.41, 5.74) is 9.17. The predicted octanol–water partition coefficient (Wildman–Crippen LogP) is 1.73. The molecule has 9 heteroatoms. The molecule has 3 N–H and O–H groups in total. The number of hydrogen-bond donors (Lipinski definition) is 2. The minimum Gasteiger partial charge on any atom is -0.493 e. The van der Waals surface area contributed by atoms with Crippen LogP contribution < -0.4 is 20.6 Å². The summed E-state index contributed by atoms with van der Waals surface area (Å²) in [5, 5.41) is 4.21. The number of aryl methyl sites for hydroxylation is 1. The van der Waals surface area contributed by atoms with E-state index in [1.54, 1.807) is 25.1 Å². The van der Waals surface area contributed by atoms with Crippen molar-refractivity contribution in [2.24, 2.45) is 5.10 Å². The summed E-state index contributed by atoms with van der Waals surface area (Å²) in [6.07, 6.45) is 1.44. The van der Waals surface area contributed by atoms with Gasteiger partial charge in [0.2, 0.25) is 0 Å². The third-order valence-electron chi connectivity index (χ3n) is 2.84. The number of hydrogen-bond acceptors (Lipinski definition) is 8. The van der Waals surface area contributed by atoms with Crippen molar-refractivity contribution >= 4 is 34.6 Å². The molecule has 0 atom stereocenters. The van der Waals surface area contributed by atoms with E-state index in [1.165, 1.54) is 20.2 Å². The van der Waals surface area contributed by atoms with Crippen LogP contribution >= 0.6 is 11.3 Å². The number of esters is 1. The van der Waals surface area contributed by atoms with Gasteiger partial charge in [-0.1, -0.05) is 11.3 Å². The maximum atomic E-state index is 12.0. The second-order valence-electron chi connectivity index (χ2n) is 4.67. The quantitative estimate of drug-likeness (QED) is 0.368. The number of carbonyl (C=O) groups excluding carboxylic acids is 2. The first-order valence-electron chi connectivity index (χ1n) is 6.83. The highest BCUT2D eigenvalue weighted by Gasteiger charge is 2.13. The number of nitrogens with zero attached hydrogens (tertiary/aromatic N) is 2. The molecule has 0 unspecified atom stereocenters. The Labute approximate surface area is 142 Å². The van der Waals surface area contributed by atoms with E-state index in [1.807, 2.05) is 0 Å². The van der Waals surface area contributed by atoms with E-state index in [4.69, 9.17) is 15.2 Å². The molecular weight excluding hydrogens is 332 g/mol. The van der Waals surface area contributed by atoms with Gasteiger partial charge < -0.3 is 15.2 Å². The third kappa shape index (κ3) is 4.29. The van der Waals surface area contributed by atoms with E-state index < -0.39 is 5.97 Å². The molecule has 0 bridgehead atoms. The normalized spacial score (nSPS) is 10.6. The number of methoxy groups -OCH3 is 1. The van der Waals surface area contributed by atoms with Crippen LogP contribution in [0.4, 0.5) is 5.13 Å². The summed E-state index contributed by atoms with van der Waals surface area (Å²) in [5.74, 6) is -0.142. The van der Waals surface area contributed by atoms with Gasteiger partial charge in [-0.05, 0) is 30.7 Å². The lowest BCUT2D eigenvalue weighted by atomic mass is 10.2. The van der Waals surface area contributed by atoms with E-state index in [2.05, 4.69) is 15.5 Å². The Bertz CT molecular complexity index is 801. The summed E-state index contributed by atoms with van der Waals surface area (Å²) >= 11 is 1.09. The van der Waals surface area contributed by atoms with E-state index in [-0.39, 0.29) is 5.91 Å².